The van der Waals surface area contributed by atoms with Crippen LogP contribution >= 0.6 is 0 Å². The number of benzene rings is 1. The van der Waals surface area contributed by atoms with Gasteiger partial charge < -0.3 is 10.4 Å². The molecular formula is C12H15N3O. The van der Waals surface area contributed by atoms with Crippen LogP contribution in [0.5, 0.6) is 0 Å². The van der Waals surface area contributed by atoms with Crippen molar-refractivity contribution in [2.75, 3.05) is 6.61 Å². The Kier molecular flexibility index (Phi) is 3.69. The molecule has 1 aromatic carbocycles. The summed E-state index contributed by atoms with van der Waals surface area (Å²) in [4.78, 5) is 0. The molecule has 4 heteroatoms. The van der Waals surface area contributed by atoms with Crippen LogP contribution in [0.1, 0.15) is 17.3 Å². The number of aliphatic hydroxyl groups is 1. The van der Waals surface area contributed by atoms with Crippen LogP contribution < -0.4 is 5.32 Å². The third kappa shape index (κ3) is 2.68. The maximum Gasteiger partial charge on any atom is 0.0626 e. The Labute approximate surface area is 94.3 Å². The van der Waals surface area contributed by atoms with Crippen molar-refractivity contribution in [2.45, 2.75) is 12.6 Å². The number of rotatable bonds is 5. The molecule has 1 heterocycles. The lowest BCUT2D eigenvalue weighted by Crippen LogP contribution is -2.24. The zero-order chi connectivity index (χ0) is 11.2. The van der Waals surface area contributed by atoms with Crippen LogP contribution in [0.3, 0.4) is 0 Å². The van der Waals surface area contributed by atoms with E-state index in [1.165, 1.54) is 0 Å². The second-order valence-electron chi connectivity index (χ2n) is 3.61. The van der Waals surface area contributed by atoms with Crippen LogP contribution in [0, 0.1) is 0 Å². The number of hydrogen-bond acceptors (Lipinski definition) is 3. The van der Waals surface area contributed by atoms with Gasteiger partial charge in [-0.15, -0.1) is 0 Å². The summed E-state index contributed by atoms with van der Waals surface area (Å²) in [6.45, 7) is 0.748. The van der Waals surface area contributed by atoms with E-state index >= 15 is 0 Å². The summed E-state index contributed by atoms with van der Waals surface area (Å²) < 4.78 is 0. The maximum atomic E-state index is 9.32. The van der Waals surface area contributed by atoms with E-state index in [1.54, 1.807) is 6.20 Å². The van der Waals surface area contributed by atoms with Crippen LogP contribution in [-0.2, 0) is 6.54 Å². The van der Waals surface area contributed by atoms with Crippen molar-refractivity contribution >= 4 is 0 Å². The van der Waals surface area contributed by atoms with Gasteiger partial charge in [-0.3, -0.25) is 5.10 Å². The second-order valence-corrected chi connectivity index (χ2v) is 3.61. The van der Waals surface area contributed by atoms with Crippen molar-refractivity contribution in [1.29, 1.82) is 0 Å². The Morgan fingerprint density at radius 1 is 1.25 bits per heavy atom. The van der Waals surface area contributed by atoms with Crippen LogP contribution in [0.2, 0.25) is 0 Å². The lowest BCUT2D eigenvalue weighted by molar-refractivity contribution is 0.243. The number of hydrogen-bond donors (Lipinski definition) is 3. The summed E-state index contributed by atoms with van der Waals surface area (Å²) in [5.74, 6) is 0. The van der Waals surface area contributed by atoms with Crippen molar-refractivity contribution in [3.8, 4) is 0 Å². The molecule has 3 N–H and O–H groups in total. The summed E-state index contributed by atoms with van der Waals surface area (Å²) in [6, 6.07) is 11.8. The average molecular weight is 217 g/mol. The molecule has 4 nitrogen and oxygen atoms in total. The molecule has 1 aromatic heterocycles. The van der Waals surface area contributed by atoms with E-state index in [9.17, 15) is 5.11 Å². The molecule has 0 saturated heterocycles. The van der Waals surface area contributed by atoms with Gasteiger partial charge in [0, 0.05) is 18.4 Å². The fraction of sp³-hybridized carbons (Fsp3) is 0.250. The zero-order valence-corrected chi connectivity index (χ0v) is 8.93. The number of aromatic nitrogens is 2. The van der Waals surface area contributed by atoms with Gasteiger partial charge in [0.25, 0.3) is 0 Å². The fourth-order valence-electron chi connectivity index (χ4n) is 1.59. The third-order valence-corrected chi connectivity index (χ3v) is 2.48. The third-order valence-electron chi connectivity index (χ3n) is 2.48. The number of H-pyrrole nitrogens is 1. The van der Waals surface area contributed by atoms with E-state index in [0.717, 1.165) is 11.3 Å². The first-order valence-corrected chi connectivity index (χ1v) is 5.27. The molecule has 0 aliphatic rings. The van der Waals surface area contributed by atoms with E-state index in [4.69, 9.17) is 0 Å². The molecule has 1 atom stereocenters. The number of nitrogens with zero attached hydrogens (tertiary/aromatic N) is 1. The molecule has 0 aliphatic heterocycles. The minimum absolute atomic E-state index is 0.0375. The summed E-state index contributed by atoms with van der Waals surface area (Å²) in [7, 11) is 0. The highest BCUT2D eigenvalue weighted by atomic mass is 16.3. The van der Waals surface area contributed by atoms with Gasteiger partial charge in [-0.25, -0.2) is 0 Å². The Hall–Kier alpha value is -1.65. The Morgan fingerprint density at radius 3 is 2.69 bits per heavy atom. The van der Waals surface area contributed by atoms with E-state index in [0.29, 0.717) is 6.54 Å². The lowest BCUT2D eigenvalue weighted by Gasteiger charge is -2.15. The zero-order valence-electron chi connectivity index (χ0n) is 8.93. The highest BCUT2D eigenvalue weighted by molar-refractivity contribution is 5.19. The van der Waals surface area contributed by atoms with Crippen molar-refractivity contribution in [3.05, 3.63) is 53.9 Å². The van der Waals surface area contributed by atoms with Crippen molar-refractivity contribution in [3.63, 3.8) is 0 Å². The van der Waals surface area contributed by atoms with E-state index in [1.807, 2.05) is 36.4 Å². The molecular weight excluding hydrogens is 202 g/mol. The van der Waals surface area contributed by atoms with E-state index in [-0.39, 0.29) is 12.6 Å². The molecule has 84 valence electrons. The maximum absolute atomic E-state index is 9.32. The SMILES string of the molecule is OCC(NCc1ccn[nH]1)c1ccccc1. The summed E-state index contributed by atoms with van der Waals surface area (Å²) in [6.07, 6.45) is 1.72. The molecule has 16 heavy (non-hydrogen) atoms. The van der Waals surface area contributed by atoms with Gasteiger partial charge in [-0.2, -0.15) is 5.10 Å². The molecule has 0 amide bonds. The van der Waals surface area contributed by atoms with Gasteiger partial charge in [-0.1, -0.05) is 30.3 Å². The number of aromatic amines is 1. The molecule has 0 saturated carbocycles. The average Bonchev–Trinajstić information content (AvgIpc) is 2.84. The predicted molar refractivity (Wildman–Crippen MR) is 61.7 cm³/mol. The quantitative estimate of drug-likeness (QED) is 0.706. The van der Waals surface area contributed by atoms with Crippen LogP contribution in [0.4, 0.5) is 0 Å². The first kappa shape index (κ1) is 10.9. The number of aliphatic hydroxyl groups excluding tert-OH is 1. The monoisotopic (exact) mass is 217 g/mol. The molecule has 2 rings (SSSR count). The first-order valence-electron chi connectivity index (χ1n) is 5.27. The van der Waals surface area contributed by atoms with Gasteiger partial charge >= 0.3 is 0 Å². The minimum atomic E-state index is -0.0375. The van der Waals surface area contributed by atoms with Crippen molar-refractivity contribution in [2.24, 2.45) is 0 Å². The number of nitrogens with one attached hydrogen (secondary N) is 2. The van der Waals surface area contributed by atoms with Gasteiger partial charge in [-0.05, 0) is 11.6 Å². The normalized spacial score (nSPS) is 12.6. The van der Waals surface area contributed by atoms with Crippen LogP contribution in [-0.4, -0.2) is 21.9 Å². The van der Waals surface area contributed by atoms with Gasteiger partial charge in [0.05, 0.1) is 12.6 Å². The Morgan fingerprint density at radius 2 is 2.06 bits per heavy atom. The molecule has 0 aliphatic carbocycles. The van der Waals surface area contributed by atoms with Crippen molar-refractivity contribution < 1.29 is 5.11 Å². The molecule has 0 bridgehead atoms. The van der Waals surface area contributed by atoms with E-state index in [2.05, 4.69) is 15.5 Å². The Balaban J connectivity index is 1.96. The smallest absolute Gasteiger partial charge is 0.0626 e. The fourth-order valence-corrected chi connectivity index (χ4v) is 1.59. The standard InChI is InChI=1S/C12H15N3O/c16-9-12(10-4-2-1-3-5-10)13-8-11-6-7-14-15-11/h1-7,12-13,16H,8-9H2,(H,14,15). The summed E-state index contributed by atoms with van der Waals surface area (Å²) in [5.41, 5.74) is 2.10. The van der Waals surface area contributed by atoms with Crippen LogP contribution in [0.25, 0.3) is 0 Å². The molecule has 0 radical (unpaired) electrons. The summed E-state index contributed by atoms with van der Waals surface area (Å²) in [5, 5.41) is 19.3. The highest BCUT2D eigenvalue weighted by Gasteiger charge is 2.08. The van der Waals surface area contributed by atoms with Gasteiger partial charge in [0.15, 0.2) is 0 Å². The van der Waals surface area contributed by atoms with Crippen LogP contribution in [0.15, 0.2) is 42.6 Å². The lowest BCUT2D eigenvalue weighted by atomic mass is 10.1. The second kappa shape index (κ2) is 5.44. The predicted octanol–water partition coefficient (Wildman–Crippen LogP) is 1.23. The molecule has 2 aromatic rings. The first-order chi connectivity index (χ1) is 7.90. The van der Waals surface area contributed by atoms with Crippen molar-refractivity contribution in [1.82, 2.24) is 15.5 Å². The largest absolute Gasteiger partial charge is 0.394 e. The molecule has 0 fully saturated rings. The minimum Gasteiger partial charge on any atom is -0.394 e. The van der Waals surface area contributed by atoms with E-state index < -0.39 is 0 Å². The summed E-state index contributed by atoms with van der Waals surface area (Å²) >= 11 is 0. The molecule has 0 spiro atoms. The van der Waals surface area contributed by atoms with Gasteiger partial charge in [0.2, 0.25) is 0 Å². The molecule has 1 unspecified atom stereocenters. The highest BCUT2D eigenvalue weighted by Crippen LogP contribution is 2.11. The Bertz CT molecular complexity index is 399. The van der Waals surface area contributed by atoms with Gasteiger partial charge in [0.1, 0.15) is 0 Å². The topological polar surface area (TPSA) is 60.9 Å².